The van der Waals surface area contributed by atoms with E-state index < -0.39 is 29.7 Å². The Morgan fingerprint density at radius 3 is 2.50 bits per heavy atom. The van der Waals surface area contributed by atoms with Gasteiger partial charge in [0.1, 0.15) is 22.9 Å². The number of imide groups is 1. The number of ether oxygens (including phenoxy) is 1. The van der Waals surface area contributed by atoms with Crippen LogP contribution >= 0.6 is 0 Å². The number of nitrogen functional groups attached to an aromatic ring is 1. The number of hydrogen-bond acceptors (Lipinski definition) is 6. The maximum atomic E-state index is 14.6. The average molecular weight is 495 g/mol. The van der Waals surface area contributed by atoms with Crippen molar-refractivity contribution in [1.29, 1.82) is 0 Å². The van der Waals surface area contributed by atoms with Gasteiger partial charge in [-0.05, 0) is 29.8 Å². The highest BCUT2D eigenvalue weighted by atomic mass is 19.1. The van der Waals surface area contributed by atoms with Gasteiger partial charge in [-0.2, -0.15) is 0 Å². The molecule has 0 aliphatic rings. The Morgan fingerprint density at radius 1 is 1.06 bits per heavy atom. The number of benzene rings is 2. The smallest absolute Gasteiger partial charge is 0.405 e. The van der Waals surface area contributed by atoms with Crippen molar-refractivity contribution in [2.24, 2.45) is 0 Å². The van der Waals surface area contributed by atoms with Crippen LogP contribution in [-0.4, -0.2) is 34.7 Å². The third-order valence-corrected chi connectivity index (χ3v) is 4.42. The Morgan fingerprint density at radius 2 is 1.81 bits per heavy atom. The van der Waals surface area contributed by atoms with E-state index in [-0.39, 0.29) is 41.5 Å². The molecule has 0 fully saturated rings. The average Bonchev–Trinajstić information content (AvgIpc) is 2.81. The molecule has 0 aliphatic carbocycles. The zero-order valence-corrected chi connectivity index (χ0v) is 18.5. The van der Waals surface area contributed by atoms with Crippen molar-refractivity contribution >= 4 is 29.5 Å². The van der Waals surface area contributed by atoms with Crippen molar-refractivity contribution in [3.05, 3.63) is 77.5 Å². The molecule has 6 N–H and O–H groups in total. The maximum absolute atomic E-state index is 14.6. The van der Waals surface area contributed by atoms with E-state index >= 15 is 0 Å². The highest BCUT2D eigenvalue weighted by molar-refractivity contribution is 6.01. The van der Waals surface area contributed by atoms with Gasteiger partial charge in [0.25, 0.3) is 0 Å². The fourth-order valence-corrected chi connectivity index (χ4v) is 2.82. The lowest BCUT2D eigenvalue weighted by molar-refractivity contribution is -0.119. The van der Waals surface area contributed by atoms with E-state index in [1.54, 1.807) is 0 Å². The number of hydrogen-bond donors (Lipinski definition) is 5. The van der Waals surface area contributed by atoms with E-state index in [0.717, 1.165) is 6.07 Å². The number of urea groups is 1. The second-order valence-corrected chi connectivity index (χ2v) is 7.08. The molecule has 10 nitrogen and oxygen atoms in total. The van der Waals surface area contributed by atoms with Gasteiger partial charge >= 0.3 is 12.1 Å². The molecule has 36 heavy (non-hydrogen) atoms. The molecule has 0 unspecified atom stereocenters. The number of rotatable bonds is 6. The number of anilines is 2. The minimum Gasteiger partial charge on any atom is -0.465 e. The van der Waals surface area contributed by atoms with Gasteiger partial charge < -0.3 is 26.2 Å². The molecule has 0 bridgehead atoms. The van der Waals surface area contributed by atoms with Gasteiger partial charge in [-0.3, -0.25) is 10.1 Å². The van der Waals surface area contributed by atoms with Gasteiger partial charge in [0.05, 0.1) is 13.0 Å². The molecule has 0 saturated heterocycles. The summed E-state index contributed by atoms with van der Waals surface area (Å²) in [5.74, 6) is 3.10. The fraction of sp³-hybridized carbons (Fsp3) is 0.0833. The second kappa shape index (κ2) is 11.8. The zero-order chi connectivity index (χ0) is 26.1. The SMILES string of the molecule is Nc1nccc(Oc2ccc(NC(=O)NC(=O)Cc3ccc(F)cc3)cc2F)c1C#CCNC(=O)O. The van der Waals surface area contributed by atoms with Crippen LogP contribution in [0.15, 0.2) is 54.7 Å². The van der Waals surface area contributed by atoms with Gasteiger partial charge in [0.2, 0.25) is 5.91 Å². The number of pyridine rings is 1. The van der Waals surface area contributed by atoms with Gasteiger partial charge in [-0.1, -0.05) is 24.0 Å². The summed E-state index contributed by atoms with van der Waals surface area (Å²) in [5, 5.41) is 15.1. The minimum atomic E-state index is -1.25. The highest BCUT2D eigenvalue weighted by Gasteiger charge is 2.14. The lowest BCUT2D eigenvalue weighted by Gasteiger charge is -2.11. The molecule has 0 spiro atoms. The van der Waals surface area contributed by atoms with Crippen LogP contribution in [0.3, 0.4) is 0 Å². The molecule has 1 aromatic heterocycles. The van der Waals surface area contributed by atoms with Crippen molar-refractivity contribution in [3.8, 4) is 23.3 Å². The Balaban J connectivity index is 1.63. The predicted octanol–water partition coefficient (Wildman–Crippen LogP) is 3.24. The lowest BCUT2D eigenvalue weighted by Crippen LogP contribution is -2.35. The molecule has 1 heterocycles. The molecule has 0 aliphatic heterocycles. The predicted molar refractivity (Wildman–Crippen MR) is 125 cm³/mol. The van der Waals surface area contributed by atoms with Crippen molar-refractivity contribution < 1.29 is 33.0 Å². The van der Waals surface area contributed by atoms with Crippen LogP contribution in [0.2, 0.25) is 0 Å². The summed E-state index contributed by atoms with van der Waals surface area (Å²) in [6, 6.07) is 9.30. The number of carbonyl (C=O) groups is 3. The summed E-state index contributed by atoms with van der Waals surface area (Å²) >= 11 is 0. The van der Waals surface area contributed by atoms with Crippen LogP contribution in [-0.2, 0) is 11.2 Å². The number of carboxylic acid groups (broad SMARTS) is 1. The largest absolute Gasteiger partial charge is 0.465 e. The molecule has 184 valence electrons. The quantitative estimate of drug-likeness (QED) is 0.329. The third kappa shape index (κ3) is 7.42. The van der Waals surface area contributed by atoms with E-state index in [4.69, 9.17) is 15.6 Å². The topological polar surface area (TPSA) is 156 Å². The lowest BCUT2D eigenvalue weighted by atomic mass is 10.1. The monoisotopic (exact) mass is 495 g/mol. The molecule has 0 saturated carbocycles. The second-order valence-electron chi connectivity index (χ2n) is 7.08. The van der Waals surface area contributed by atoms with Gasteiger partial charge in [-0.15, -0.1) is 0 Å². The van der Waals surface area contributed by atoms with Crippen LogP contribution in [0.25, 0.3) is 0 Å². The van der Waals surface area contributed by atoms with Crippen molar-refractivity contribution in [1.82, 2.24) is 15.6 Å². The molecule has 4 amide bonds. The summed E-state index contributed by atoms with van der Waals surface area (Å²) in [6.45, 7) is -0.174. The molecule has 3 aromatic rings. The normalized spacial score (nSPS) is 9.94. The molecule has 2 aromatic carbocycles. The molecule has 12 heteroatoms. The Bertz CT molecular complexity index is 1350. The molecular formula is C24H19F2N5O5. The Kier molecular flexibility index (Phi) is 8.34. The first-order valence-corrected chi connectivity index (χ1v) is 10.2. The van der Waals surface area contributed by atoms with E-state index in [1.807, 2.05) is 0 Å². The van der Waals surface area contributed by atoms with Gasteiger partial charge in [0.15, 0.2) is 11.6 Å². The number of aromatic nitrogens is 1. The van der Waals surface area contributed by atoms with E-state index in [0.29, 0.717) is 5.56 Å². The number of nitrogens with zero attached hydrogens (tertiary/aromatic N) is 1. The maximum Gasteiger partial charge on any atom is 0.405 e. The summed E-state index contributed by atoms with van der Waals surface area (Å²) in [4.78, 5) is 38.5. The number of nitrogens with one attached hydrogen (secondary N) is 3. The number of nitrogens with two attached hydrogens (primary N) is 1. The molecule has 0 radical (unpaired) electrons. The Labute approximate surface area is 203 Å². The first-order valence-electron chi connectivity index (χ1n) is 10.2. The standard InChI is InChI=1S/C24H19F2N5O5/c25-15-5-3-14(4-6-15)12-21(32)31-23(33)30-16-7-8-20(18(26)13-16)36-19-9-11-28-22(27)17(19)2-1-10-29-24(34)35/h3-9,11,13,29H,10,12H2,(H2,27,28)(H,34,35)(H2,30,31,32,33). The first kappa shape index (κ1) is 25.4. The summed E-state index contributed by atoms with van der Waals surface area (Å²) in [6.07, 6.45) is -0.0739. The van der Waals surface area contributed by atoms with Crippen LogP contribution in [0, 0.1) is 23.5 Å². The van der Waals surface area contributed by atoms with Crippen LogP contribution in [0.5, 0.6) is 11.5 Å². The third-order valence-electron chi connectivity index (χ3n) is 4.42. The van der Waals surface area contributed by atoms with E-state index in [2.05, 4.69) is 32.8 Å². The number of amides is 4. The highest BCUT2D eigenvalue weighted by Crippen LogP contribution is 2.30. The van der Waals surface area contributed by atoms with Gasteiger partial charge in [-0.25, -0.2) is 23.4 Å². The van der Waals surface area contributed by atoms with E-state index in [1.165, 1.54) is 48.7 Å². The fourth-order valence-electron chi connectivity index (χ4n) is 2.82. The summed E-state index contributed by atoms with van der Waals surface area (Å²) in [5.41, 5.74) is 6.49. The number of halogens is 2. The molecule has 3 rings (SSSR count). The van der Waals surface area contributed by atoms with Crippen molar-refractivity contribution in [3.63, 3.8) is 0 Å². The van der Waals surface area contributed by atoms with Crippen molar-refractivity contribution in [2.75, 3.05) is 17.6 Å². The summed E-state index contributed by atoms with van der Waals surface area (Å²) in [7, 11) is 0. The first-order chi connectivity index (χ1) is 17.2. The van der Waals surface area contributed by atoms with Crippen LogP contribution in [0.4, 0.5) is 29.9 Å². The van der Waals surface area contributed by atoms with Crippen molar-refractivity contribution in [2.45, 2.75) is 6.42 Å². The molecule has 0 atom stereocenters. The van der Waals surface area contributed by atoms with E-state index in [9.17, 15) is 23.2 Å². The van der Waals surface area contributed by atoms with Crippen LogP contribution < -0.4 is 26.4 Å². The van der Waals surface area contributed by atoms with Gasteiger partial charge in [0, 0.05) is 24.0 Å². The molecular weight excluding hydrogens is 476 g/mol. The van der Waals surface area contributed by atoms with Crippen LogP contribution in [0.1, 0.15) is 11.1 Å². The minimum absolute atomic E-state index is 0.00371. The number of carbonyl (C=O) groups excluding carboxylic acids is 2. The zero-order valence-electron chi connectivity index (χ0n) is 18.5. The Hall–Kier alpha value is -5.18. The summed E-state index contributed by atoms with van der Waals surface area (Å²) < 4.78 is 33.1.